The SMILES string of the molecule is CCc1cc(N2CCCC2c2ccc3c(c2)OCO3)nc(-c2ccccn2)n1. The predicted molar refractivity (Wildman–Crippen MR) is 107 cm³/mol. The van der Waals surface area contributed by atoms with E-state index in [9.17, 15) is 0 Å². The molecule has 0 radical (unpaired) electrons. The van der Waals surface area contributed by atoms with Crippen LogP contribution in [0, 0.1) is 0 Å². The number of nitrogens with zero attached hydrogens (tertiary/aromatic N) is 4. The van der Waals surface area contributed by atoms with Crippen molar-refractivity contribution in [2.45, 2.75) is 32.2 Å². The first kappa shape index (κ1) is 17.0. The van der Waals surface area contributed by atoms with Crippen LogP contribution < -0.4 is 14.4 Å². The van der Waals surface area contributed by atoms with Crippen LogP contribution in [0.2, 0.25) is 0 Å². The molecule has 1 fully saturated rings. The van der Waals surface area contributed by atoms with Crippen LogP contribution in [0.25, 0.3) is 11.5 Å². The third-order valence-electron chi connectivity index (χ3n) is 5.35. The van der Waals surface area contributed by atoms with Gasteiger partial charge in [0.25, 0.3) is 0 Å². The summed E-state index contributed by atoms with van der Waals surface area (Å²) in [6.45, 7) is 3.39. The number of aryl methyl sites for hydroxylation is 1. The molecule has 2 aliphatic heterocycles. The first-order valence-electron chi connectivity index (χ1n) is 9.77. The minimum Gasteiger partial charge on any atom is -0.454 e. The molecule has 0 N–H and O–H groups in total. The van der Waals surface area contributed by atoms with E-state index in [-0.39, 0.29) is 6.04 Å². The fraction of sp³-hybridized carbons (Fsp3) is 0.318. The van der Waals surface area contributed by atoms with E-state index in [4.69, 9.17) is 19.4 Å². The van der Waals surface area contributed by atoms with Crippen molar-refractivity contribution < 1.29 is 9.47 Å². The Kier molecular flexibility index (Phi) is 4.31. The zero-order valence-electron chi connectivity index (χ0n) is 15.8. The first-order valence-corrected chi connectivity index (χ1v) is 9.77. The van der Waals surface area contributed by atoms with E-state index in [0.717, 1.165) is 54.5 Å². The van der Waals surface area contributed by atoms with Crippen LogP contribution in [0.15, 0.2) is 48.7 Å². The quantitative estimate of drug-likeness (QED) is 0.683. The van der Waals surface area contributed by atoms with Crippen molar-refractivity contribution in [3.63, 3.8) is 0 Å². The number of anilines is 1. The number of hydrogen-bond donors (Lipinski definition) is 0. The fourth-order valence-electron chi connectivity index (χ4n) is 3.93. The van der Waals surface area contributed by atoms with E-state index < -0.39 is 0 Å². The molecule has 0 spiro atoms. The molecule has 3 aromatic rings. The maximum absolute atomic E-state index is 5.58. The molecule has 2 aromatic heterocycles. The number of fused-ring (bicyclic) bond motifs is 1. The van der Waals surface area contributed by atoms with E-state index in [2.05, 4.69) is 35.0 Å². The molecule has 4 heterocycles. The topological polar surface area (TPSA) is 60.4 Å². The second-order valence-electron chi connectivity index (χ2n) is 7.07. The molecule has 142 valence electrons. The summed E-state index contributed by atoms with van der Waals surface area (Å²) in [4.78, 5) is 16.4. The maximum atomic E-state index is 5.58. The molecule has 0 saturated carbocycles. The van der Waals surface area contributed by atoms with Crippen molar-refractivity contribution in [1.29, 1.82) is 0 Å². The van der Waals surface area contributed by atoms with Gasteiger partial charge in [-0.1, -0.05) is 19.1 Å². The summed E-state index contributed by atoms with van der Waals surface area (Å²) < 4.78 is 11.0. The Morgan fingerprint density at radius 2 is 2.00 bits per heavy atom. The van der Waals surface area contributed by atoms with Gasteiger partial charge in [-0.05, 0) is 49.1 Å². The normalized spacial score (nSPS) is 17.9. The van der Waals surface area contributed by atoms with Gasteiger partial charge >= 0.3 is 0 Å². The van der Waals surface area contributed by atoms with Gasteiger partial charge in [0.15, 0.2) is 17.3 Å². The van der Waals surface area contributed by atoms with Crippen LogP contribution in [0.5, 0.6) is 11.5 Å². The largest absolute Gasteiger partial charge is 0.454 e. The van der Waals surface area contributed by atoms with Gasteiger partial charge in [-0.3, -0.25) is 4.98 Å². The van der Waals surface area contributed by atoms with Crippen molar-refractivity contribution in [2.24, 2.45) is 0 Å². The second-order valence-corrected chi connectivity index (χ2v) is 7.07. The molecular formula is C22H22N4O2. The monoisotopic (exact) mass is 374 g/mol. The Labute approximate surface area is 164 Å². The van der Waals surface area contributed by atoms with Gasteiger partial charge in [0, 0.05) is 24.5 Å². The molecule has 1 aromatic carbocycles. The summed E-state index contributed by atoms with van der Waals surface area (Å²) in [5.41, 5.74) is 3.07. The smallest absolute Gasteiger partial charge is 0.231 e. The summed E-state index contributed by atoms with van der Waals surface area (Å²) >= 11 is 0. The number of benzene rings is 1. The van der Waals surface area contributed by atoms with E-state index in [0.29, 0.717) is 12.6 Å². The Bertz CT molecular complexity index is 993. The molecular weight excluding hydrogens is 352 g/mol. The van der Waals surface area contributed by atoms with Gasteiger partial charge in [0.1, 0.15) is 11.5 Å². The van der Waals surface area contributed by atoms with Gasteiger partial charge in [0.05, 0.1) is 6.04 Å². The highest BCUT2D eigenvalue weighted by atomic mass is 16.7. The fourth-order valence-corrected chi connectivity index (χ4v) is 3.93. The van der Waals surface area contributed by atoms with Crippen molar-refractivity contribution in [3.05, 3.63) is 59.9 Å². The average Bonchev–Trinajstić information content (AvgIpc) is 3.43. The average molecular weight is 374 g/mol. The molecule has 1 saturated heterocycles. The lowest BCUT2D eigenvalue weighted by atomic mass is 10.0. The molecule has 1 unspecified atom stereocenters. The van der Waals surface area contributed by atoms with Crippen LogP contribution in [-0.2, 0) is 6.42 Å². The molecule has 0 aliphatic carbocycles. The van der Waals surface area contributed by atoms with E-state index >= 15 is 0 Å². The molecule has 5 rings (SSSR count). The molecule has 6 nitrogen and oxygen atoms in total. The van der Waals surface area contributed by atoms with Gasteiger partial charge in [-0.15, -0.1) is 0 Å². The summed E-state index contributed by atoms with van der Waals surface area (Å²) in [5, 5.41) is 0. The van der Waals surface area contributed by atoms with Gasteiger partial charge in [0.2, 0.25) is 6.79 Å². The minimum atomic E-state index is 0.269. The lowest BCUT2D eigenvalue weighted by molar-refractivity contribution is 0.174. The Morgan fingerprint density at radius 3 is 2.86 bits per heavy atom. The van der Waals surface area contributed by atoms with Crippen LogP contribution >= 0.6 is 0 Å². The van der Waals surface area contributed by atoms with Crippen LogP contribution in [-0.4, -0.2) is 28.3 Å². The van der Waals surface area contributed by atoms with Crippen LogP contribution in [0.1, 0.15) is 37.1 Å². The van der Waals surface area contributed by atoms with Crippen LogP contribution in [0.4, 0.5) is 5.82 Å². The summed E-state index contributed by atoms with van der Waals surface area (Å²) in [6.07, 6.45) is 4.85. The van der Waals surface area contributed by atoms with Gasteiger partial charge in [-0.2, -0.15) is 0 Å². The minimum absolute atomic E-state index is 0.269. The second kappa shape index (κ2) is 7.11. The number of hydrogen-bond acceptors (Lipinski definition) is 6. The lowest BCUT2D eigenvalue weighted by Gasteiger charge is -2.27. The summed E-state index contributed by atoms with van der Waals surface area (Å²) in [5.74, 6) is 3.30. The highest BCUT2D eigenvalue weighted by molar-refractivity contribution is 5.56. The molecule has 0 bridgehead atoms. The molecule has 0 amide bonds. The number of aromatic nitrogens is 3. The Morgan fingerprint density at radius 1 is 1.07 bits per heavy atom. The number of ether oxygens (including phenoxy) is 2. The number of pyridine rings is 1. The molecule has 1 atom stereocenters. The maximum Gasteiger partial charge on any atom is 0.231 e. The Balaban J connectivity index is 1.52. The first-order chi connectivity index (χ1) is 13.8. The van der Waals surface area contributed by atoms with Crippen molar-refractivity contribution in [2.75, 3.05) is 18.2 Å². The van der Waals surface area contributed by atoms with E-state index in [1.54, 1.807) is 6.20 Å². The third-order valence-corrected chi connectivity index (χ3v) is 5.35. The van der Waals surface area contributed by atoms with E-state index in [1.165, 1.54) is 5.56 Å². The highest BCUT2D eigenvalue weighted by Gasteiger charge is 2.29. The zero-order valence-corrected chi connectivity index (χ0v) is 15.8. The summed E-state index contributed by atoms with van der Waals surface area (Å²) in [7, 11) is 0. The van der Waals surface area contributed by atoms with Crippen molar-refractivity contribution >= 4 is 5.82 Å². The standard InChI is InChI=1S/C22H22N4O2/c1-2-16-13-21(25-22(24-16)17-6-3-4-10-23-17)26-11-5-7-18(26)15-8-9-19-20(12-15)28-14-27-19/h3-4,6,8-10,12-13,18H,2,5,7,11,14H2,1H3. The summed E-state index contributed by atoms with van der Waals surface area (Å²) in [6, 6.07) is 14.5. The lowest BCUT2D eigenvalue weighted by Crippen LogP contribution is -2.24. The van der Waals surface area contributed by atoms with E-state index in [1.807, 2.05) is 24.3 Å². The predicted octanol–water partition coefficient (Wildman–Crippen LogP) is 4.17. The molecule has 2 aliphatic rings. The number of rotatable bonds is 4. The molecule has 6 heteroatoms. The highest BCUT2D eigenvalue weighted by Crippen LogP contribution is 2.40. The van der Waals surface area contributed by atoms with Crippen molar-refractivity contribution in [1.82, 2.24) is 15.0 Å². The van der Waals surface area contributed by atoms with Crippen LogP contribution in [0.3, 0.4) is 0 Å². The zero-order chi connectivity index (χ0) is 18.9. The third kappa shape index (κ3) is 3.05. The molecule has 28 heavy (non-hydrogen) atoms. The van der Waals surface area contributed by atoms with Gasteiger partial charge in [-0.25, -0.2) is 9.97 Å². The van der Waals surface area contributed by atoms with Gasteiger partial charge < -0.3 is 14.4 Å². The Hall–Kier alpha value is -3.15. The van der Waals surface area contributed by atoms with Crippen molar-refractivity contribution in [3.8, 4) is 23.0 Å².